The Labute approximate surface area is 207 Å². The quantitative estimate of drug-likeness (QED) is 0.356. The summed E-state index contributed by atoms with van der Waals surface area (Å²) in [7, 11) is -4.33. The number of hydrogen-bond acceptors (Lipinski definition) is 9. The SMILES string of the molecule is Cc1c([N+](=O)[O-])cc(S(=O)(=O)Nc2ccc(-c3ccc(N4CCCCCC4)nn3)cc2)cc1[N+](=O)[O-]. The van der Waals surface area contributed by atoms with Crippen molar-refractivity contribution >= 4 is 32.9 Å². The summed E-state index contributed by atoms with van der Waals surface area (Å²) in [6.45, 7) is 3.11. The molecule has 1 saturated heterocycles. The van der Waals surface area contributed by atoms with E-state index in [2.05, 4.69) is 19.8 Å². The third kappa shape index (κ3) is 5.40. The van der Waals surface area contributed by atoms with Crippen LogP contribution in [-0.2, 0) is 10.0 Å². The zero-order valence-corrected chi connectivity index (χ0v) is 20.3. The molecule has 3 aromatic rings. The predicted molar refractivity (Wildman–Crippen MR) is 133 cm³/mol. The van der Waals surface area contributed by atoms with Gasteiger partial charge in [-0.15, -0.1) is 10.2 Å². The first-order valence-corrected chi connectivity index (χ1v) is 12.8. The van der Waals surface area contributed by atoms with Crippen molar-refractivity contribution in [2.24, 2.45) is 0 Å². The number of anilines is 2. The van der Waals surface area contributed by atoms with E-state index < -0.39 is 36.1 Å². The molecule has 0 saturated carbocycles. The van der Waals surface area contributed by atoms with Gasteiger partial charge in [-0.05, 0) is 44.0 Å². The van der Waals surface area contributed by atoms with E-state index in [1.54, 1.807) is 12.1 Å². The van der Waals surface area contributed by atoms with Gasteiger partial charge >= 0.3 is 0 Å². The highest BCUT2D eigenvalue weighted by Crippen LogP contribution is 2.32. The van der Waals surface area contributed by atoms with Crippen LogP contribution in [0.4, 0.5) is 22.9 Å². The van der Waals surface area contributed by atoms with Gasteiger partial charge in [0, 0.05) is 36.5 Å². The van der Waals surface area contributed by atoms with E-state index in [1.165, 1.54) is 31.9 Å². The average molecular weight is 513 g/mol. The topological polar surface area (TPSA) is 161 Å². The molecule has 12 nitrogen and oxygen atoms in total. The van der Waals surface area contributed by atoms with E-state index in [1.807, 2.05) is 12.1 Å². The summed E-state index contributed by atoms with van der Waals surface area (Å²) in [4.78, 5) is 22.5. The molecule has 1 N–H and O–H groups in total. The number of rotatable bonds is 7. The van der Waals surface area contributed by atoms with Gasteiger partial charge < -0.3 is 4.90 Å². The molecule has 0 atom stereocenters. The van der Waals surface area contributed by atoms with Gasteiger partial charge in [0.1, 0.15) is 10.5 Å². The lowest BCUT2D eigenvalue weighted by atomic mass is 10.1. The summed E-state index contributed by atoms with van der Waals surface area (Å²) in [6, 6.07) is 11.7. The summed E-state index contributed by atoms with van der Waals surface area (Å²) in [5.74, 6) is 0.825. The van der Waals surface area contributed by atoms with E-state index in [0.29, 0.717) is 5.69 Å². The minimum Gasteiger partial charge on any atom is -0.355 e. The van der Waals surface area contributed by atoms with Crippen LogP contribution in [0.15, 0.2) is 53.4 Å². The number of hydrogen-bond donors (Lipinski definition) is 1. The van der Waals surface area contributed by atoms with Crippen molar-refractivity contribution in [3.63, 3.8) is 0 Å². The van der Waals surface area contributed by atoms with Gasteiger partial charge in [0.05, 0.1) is 15.5 Å². The minimum atomic E-state index is -4.33. The molecule has 1 aliphatic heterocycles. The van der Waals surface area contributed by atoms with Gasteiger partial charge in [0.2, 0.25) is 0 Å². The molecule has 2 heterocycles. The molecule has 4 rings (SSSR count). The molecule has 0 bridgehead atoms. The molecular weight excluding hydrogens is 488 g/mol. The fourth-order valence-corrected chi connectivity index (χ4v) is 5.16. The third-order valence-electron chi connectivity index (χ3n) is 6.04. The highest BCUT2D eigenvalue weighted by atomic mass is 32.2. The second-order valence-corrected chi connectivity index (χ2v) is 10.1. The molecular formula is C23H24N6O6S. The molecule has 0 aliphatic carbocycles. The smallest absolute Gasteiger partial charge is 0.280 e. The van der Waals surface area contributed by atoms with Crippen molar-refractivity contribution in [3.8, 4) is 11.3 Å². The largest absolute Gasteiger partial charge is 0.355 e. The van der Waals surface area contributed by atoms with Crippen molar-refractivity contribution < 1.29 is 18.3 Å². The normalized spacial score (nSPS) is 14.2. The fraction of sp³-hybridized carbons (Fsp3) is 0.304. The maximum Gasteiger partial charge on any atom is 0.280 e. The molecule has 13 heteroatoms. The average Bonchev–Trinajstić information content (AvgIpc) is 3.14. The Bertz CT molecular complexity index is 1350. The molecule has 1 aromatic heterocycles. The molecule has 36 heavy (non-hydrogen) atoms. The van der Waals surface area contributed by atoms with Gasteiger partial charge in [-0.25, -0.2) is 8.42 Å². The number of sulfonamides is 1. The number of aromatic nitrogens is 2. The monoisotopic (exact) mass is 512 g/mol. The summed E-state index contributed by atoms with van der Waals surface area (Å²) in [5.41, 5.74) is -0.0125. The number of nitro benzene ring substituents is 2. The lowest BCUT2D eigenvalue weighted by Gasteiger charge is -2.20. The highest BCUT2D eigenvalue weighted by Gasteiger charge is 2.28. The van der Waals surface area contributed by atoms with E-state index in [-0.39, 0.29) is 11.3 Å². The Hall–Kier alpha value is -4.13. The molecule has 1 fully saturated rings. The molecule has 0 amide bonds. The summed E-state index contributed by atoms with van der Waals surface area (Å²) in [5, 5.41) is 31.2. The summed E-state index contributed by atoms with van der Waals surface area (Å²) < 4.78 is 28.0. The zero-order chi connectivity index (χ0) is 25.9. The Morgan fingerprint density at radius 3 is 1.94 bits per heavy atom. The molecule has 0 spiro atoms. The van der Waals surface area contributed by atoms with E-state index >= 15 is 0 Å². The van der Waals surface area contributed by atoms with Crippen LogP contribution in [0.1, 0.15) is 31.2 Å². The number of nitro groups is 2. The number of nitrogens with zero attached hydrogens (tertiary/aromatic N) is 5. The first-order chi connectivity index (χ1) is 17.2. The summed E-state index contributed by atoms with van der Waals surface area (Å²) in [6.07, 6.45) is 4.69. The van der Waals surface area contributed by atoms with E-state index in [4.69, 9.17) is 0 Å². The van der Waals surface area contributed by atoms with Crippen molar-refractivity contribution in [2.45, 2.75) is 37.5 Å². The zero-order valence-electron chi connectivity index (χ0n) is 19.5. The van der Waals surface area contributed by atoms with Crippen LogP contribution in [0.3, 0.4) is 0 Å². The van der Waals surface area contributed by atoms with Gasteiger partial charge in [0.15, 0.2) is 5.82 Å². The van der Waals surface area contributed by atoms with Crippen LogP contribution in [0.5, 0.6) is 0 Å². The number of nitrogens with one attached hydrogen (secondary N) is 1. The van der Waals surface area contributed by atoms with Gasteiger partial charge in [-0.2, -0.15) is 0 Å². The molecule has 0 unspecified atom stereocenters. The molecule has 188 valence electrons. The standard InChI is InChI=1S/C23H24N6O6S/c1-16-21(28(30)31)14-19(15-22(16)29(32)33)36(34,35)26-18-8-6-17(7-9-18)20-10-11-23(25-24-20)27-12-4-2-3-5-13-27/h6-11,14-15,26H,2-5,12-13H2,1H3. The van der Waals surface area contributed by atoms with Crippen LogP contribution in [-0.4, -0.2) is 41.6 Å². The third-order valence-corrected chi connectivity index (χ3v) is 7.40. The van der Waals surface area contributed by atoms with Crippen LogP contribution in [0.25, 0.3) is 11.3 Å². The van der Waals surface area contributed by atoms with E-state index in [0.717, 1.165) is 49.4 Å². The van der Waals surface area contributed by atoms with Crippen molar-refractivity contribution in [1.82, 2.24) is 10.2 Å². The lowest BCUT2D eigenvalue weighted by molar-refractivity contribution is -0.395. The second-order valence-electron chi connectivity index (χ2n) is 8.46. The van der Waals surface area contributed by atoms with Crippen molar-refractivity contribution in [1.29, 1.82) is 0 Å². The number of benzene rings is 2. The Morgan fingerprint density at radius 1 is 0.861 bits per heavy atom. The Morgan fingerprint density at radius 2 is 1.44 bits per heavy atom. The maximum atomic E-state index is 12.8. The van der Waals surface area contributed by atoms with E-state index in [9.17, 15) is 28.6 Å². The minimum absolute atomic E-state index is 0.179. The van der Waals surface area contributed by atoms with Crippen molar-refractivity contribution in [2.75, 3.05) is 22.7 Å². The molecule has 1 aliphatic rings. The van der Waals surface area contributed by atoms with Crippen LogP contribution >= 0.6 is 0 Å². The maximum absolute atomic E-state index is 12.8. The predicted octanol–water partition coefficient (Wildman–Crippen LogP) is 4.45. The Balaban J connectivity index is 1.53. The van der Waals surface area contributed by atoms with Crippen molar-refractivity contribution in [3.05, 3.63) is 74.3 Å². The summed E-state index contributed by atoms with van der Waals surface area (Å²) >= 11 is 0. The molecule has 0 radical (unpaired) electrons. The fourth-order valence-electron chi connectivity index (χ4n) is 4.06. The van der Waals surface area contributed by atoms with Crippen LogP contribution in [0.2, 0.25) is 0 Å². The van der Waals surface area contributed by atoms with Gasteiger partial charge in [0.25, 0.3) is 21.4 Å². The Kier molecular flexibility index (Phi) is 7.10. The van der Waals surface area contributed by atoms with Gasteiger partial charge in [-0.3, -0.25) is 25.0 Å². The first-order valence-electron chi connectivity index (χ1n) is 11.3. The van der Waals surface area contributed by atoms with Crippen LogP contribution in [0, 0.1) is 27.2 Å². The highest BCUT2D eigenvalue weighted by molar-refractivity contribution is 7.92. The first kappa shape index (κ1) is 25.0. The second kappa shape index (κ2) is 10.2. The lowest BCUT2D eigenvalue weighted by Crippen LogP contribution is -2.25. The molecule has 2 aromatic carbocycles. The van der Waals surface area contributed by atoms with Crippen LogP contribution < -0.4 is 9.62 Å². The van der Waals surface area contributed by atoms with Gasteiger partial charge in [-0.1, -0.05) is 25.0 Å².